The van der Waals surface area contributed by atoms with Crippen molar-refractivity contribution < 1.29 is 32.9 Å². The number of alkyl halides is 3. The van der Waals surface area contributed by atoms with Crippen molar-refractivity contribution in [3.63, 3.8) is 0 Å². The lowest BCUT2D eigenvalue weighted by Gasteiger charge is -2.22. The number of methoxy groups -OCH3 is 1. The molecule has 0 bridgehead atoms. The number of aliphatic carboxylic acids is 1. The second-order valence-corrected chi connectivity index (χ2v) is 7.97. The first-order valence-corrected chi connectivity index (χ1v) is 10.9. The van der Waals surface area contributed by atoms with Gasteiger partial charge in [0.25, 0.3) is 0 Å². The van der Waals surface area contributed by atoms with Crippen LogP contribution in [0.2, 0.25) is 0 Å². The number of phenols is 1. The van der Waals surface area contributed by atoms with E-state index < -0.39 is 12.1 Å². The molecule has 36 heavy (non-hydrogen) atoms. The first kappa shape index (κ1) is 26.7. The van der Waals surface area contributed by atoms with Gasteiger partial charge in [-0.2, -0.15) is 18.2 Å². The number of pyridine rings is 1. The molecule has 4 rings (SSSR count). The molecule has 1 aliphatic heterocycles. The number of halogens is 3. The Morgan fingerprint density at radius 2 is 1.97 bits per heavy atom. The molecule has 192 valence electrons. The van der Waals surface area contributed by atoms with Gasteiger partial charge < -0.3 is 24.7 Å². The van der Waals surface area contributed by atoms with Crippen LogP contribution in [0.5, 0.6) is 5.75 Å². The summed E-state index contributed by atoms with van der Waals surface area (Å²) >= 11 is 0. The molecule has 0 aliphatic carbocycles. The maximum absolute atomic E-state index is 10.6. The number of hydrogen-bond donors (Lipinski definition) is 2. The first-order valence-electron chi connectivity index (χ1n) is 10.9. The number of fused-ring (bicyclic) bond motifs is 1. The van der Waals surface area contributed by atoms with Gasteiger partial charge in [0, 0.05) is 57.3 Å². The highest BCUT2D eigenvalue weighted by Crippen LogP contribution is 2.36. The normalized spacial score (nSPS) is 12.5. The number of benzene rings is 1. The quantitative estimate of drug-likeness (QED) is 0.498. The van der Waals surface area contributed by atoms with E-state index in [9.17, 15) is 18.3 Å². The lowest BCUT2D eigenvalue weighted by Crippen LogP contribution is -2.26. The van der Waals surface area contributed by atoms with Gasteiger partial charge in [0.1, 0.15) is 11.6 Å². The summed E-state index contributed by atoms with van der Waals surface area (Å²) in [5.41, 5.74) is 4.03. The van der Waals surface area contributed by atoms with Crippen molar-refractivity contribution in [2.45, 2.75) is 19.1 Å². The number of hydrogen-bond acceptors (Lipinski definition) is 8. The van der Waals surface area contributed by atoms with Crippen LogP contribution in [-0.2, 0) is 22.5 Å². The molecule has 0 saturated carbocycles. The number of anilines is 2. The van der Waals surface area contributed by atoms with Gasteiger partial charge in [-0.25, -0.2) is 9.78 Å². The third-order valence-electron chi connectivity index (χ3n) is 5.34. The topological polar surface area (TPSA) is 112 Å². The van der Waals surface area contributed by atoms with Crippen molar-refractivity contribution in [2.75, 3.05) is 43.7 Å². The summed E-state index contributed by atoms with van der Waals surface area (Å²) in [7, 11) is 3.65. The number of nitrogens with zero attached hydrogens (tertiary/aromatic N) is 5. The summed E-state index contributed by atoms with van der Waals surface area (Å²) in [5.74, 6) is -0.930. The van der Waals surface area contributed by atoms with Crippen LogP contribution in [0, 0.1) is 0 Å². The number of carboxylic acid groups (broad SMARTS) is 1. The van der Waals surface area contributed by atoms with Crippen LogP contribution in [-0.4, -0.2) is 71.2 Å². The first-order chi connectivity index (χ1) is 17.1. The summed E-state index contributed by atoms with van der Waals surface area (Å²) in [6, 6.07) is 11.3. The summed E-state index contributed by atoms with van der Waals surface area (Å²) in [5, 5.41) is 17.1. The SMILES string of the molecule is COCCN(C)c1nc(-c2cccc(O)c2)c2c(n1)N(Cc1cccnc1)CC2.O=C(O)C(F)(F)F. The van der Waals surface area contributed by atoms with E-state index in [2.05, 4.69) is 16.0 Å². The van der Waals surface area contributed by atoms with Crippen LogP contribution in [0.4, 0.5) is 24.9 Å². The molecule has 2 aromatic heterocycles. The van der Waals surface area contributed by atoms with E-state index in [0.29, 0.717) is 19.1 Å². The maximum Gasteiger partial charge on any atom is 0.490 e. The molecule has 0 unspecified atom stereocenters. The number of aromatic hydroxyl groups is 1. The Hall–Kier alpha value is -3.93. The molecule has 0 spiro atoms. The van der Waals surface area contributed by atoms with Crippen LogP contribution in [0.1, 0.15) is 11.1 Å². The maximum atomic E-state index is 10.6. The fraction of sp³-hybridized carbons (Fsp3) is 0.333. The summed E-state index contributed by atoms with van der Waals surface area (Å²) in [4.78, 5) is 27.1. The summed E-state index contributed by atoms with van der Waals surface area (Å²) in [6.07, 6.45) is -0.546. The second kappa shape index (κ2) is 11.7. The van der Waals surface area contributed by atoms with Crippen LogP contribution in [0.25, 0.3) is 11.3 Å². The number of ether oxygens (including phenoxy) is 1. The lowest BCUT2D eigenvalue weighted by atomic mass is 10.1. The highest BCUT2D eigenvalue weighted by atomic mass is 19.4. The Bertz CT molecular complexity index is 1180. The van der Waals surface area contributed by atoms with Crippen molar-refractivity contribution in [1.82, 2.24) is 15.0 Å². The Kier molecular flexibility index (Phi) is 8.64. The number of phenolic OH excluding ortho intramolecular Hbond substituents is 1. The molecule has 0 radical (unpaired) electrons. The van der Waals surface area contributed by atoms with Crippen molar-refractivity contribution in [3.05, 3.63) is 59.9 Å². The number of carbonyl (C=O) groups is 1. The van der Waals surface area contributed by atoms with E-state index in [-0.39, 0.29) is 5.75 Å². The Labute approximate surface area is 205 Å². The van der Waals surface area contributed by atoms with Gasteiger partial charge in [0.05, 0.1) is 12.3 Å². The van der Waals surface area contributed by atoms with E-state index in [4.69, 9.17) is 24.6 Å². The fourth-order valence-corrected chi connectivity index (χ4v) is 3.56. The Balaban J connectivity index is 0.000000454. The minimum absolute atomic E-state index is 0.231. The minimum Gasteiger partial charge on any atom is -0.508 e. The predicted molar refractivity (Wildman–Crippen MR) is 127 cm³/mol. The van der Waals surface area contributed by atoms with E-state index in [1.54, 1.807) is 25.4 Å². The van der Waals surface area contributed by atoms with Gasteiger partial charge in [-0.05, 0) is 30.2 Å². The van der Waals surface area contributed by atoms with Crippen LogP contribution < -0.4 is 9.80 Å². The highest BCUT2D eigenvalue weighted by Gasteiger charge is 2.38. The zero-order valence-electron chi connectivity index (χ0n) is 19.7. The summed E-state index contributed by atoms with van der Waals surface area (Å²) in [6.45, 7) is 2.91. The largest absolute Gasteiger partial charge is 0.508 e. The van der Waals surface area contributed by atoms with Gasteiger partial charge in [-0.15, -0.1) is 0 Å². The average molecular weight is 505 g/mol. The molecular weight excluding hydrogens is 479 g/mol. The molecule has 9 nitrogen and oxygen atoms in total. The molecule has 0 atom stereocenters. The zero-order valence-corrected chi connectivity index (χ0v) is 19.7. The van der Waals surface area contributed by atoms with Crippen LogP contribution >= 0.6 is 0 Å². The second-order valence-electron chi connectivity index (χ2n) is 7.97. The molecule has 3 aromatic rings. The molecule has 2 N–H and O–H groups in total. The van der Waals surface area contributed by atoms with Gasteiger partial charge in [-0.3, -0.25) is 4.98 Å². The predicted octanol–water partition coefficient (Wildman–Crippen LogP) is 3.52. The molecule has 3 heterocycles. The molecular formula is C24H26F3N5O4. The average Bonchev–Trinajstić information content (AvgIpc) is 3.25. The van der Waals surface area contributed by atoms with E-state index in [0.717, 1.165) is 47.7 Å². The molecule has 0 amide bonds. The third-order valence-corrected chi connectivity index (χ3v) is 5.34. The van der Waals surface area contributed by atoms with Gasteiger partial charge >= 0.3 is 12.1 Å². The minimum atomic E-state index is -5.08. The zero-order chi connectivity index (χ0) is 26.3. The van der Waals surface area contributed by atoms with Crippen LogP contribution in [0.15, 0.2) is 48.8 Å². The molecule has 1 aromatic carbocycles. The van der Waals surface area contributed by atoms with E-state index >= 15 is 0 Å². The molecule has 0 saturated heterocycles. The van der Waals surface area contributed by atoms with Crippen molar-refractivity contribution in [1.29, 1.82) is 0 Å². The number of rotatable bonds is 7. The van der Waals surface area contributed by atoms with E-state index in [1.165, 1.54) is 0 Å². The number of aromatic nitrogens is 3. The molecule has 12 heteroatoms. The number of carboxylic acids is 1. The van der Waals surface area contributed by atoms with Gasteiger partial charge in [0.2, 0.25) is 5.95 Å². The lowest BCUT2D eigenvalue weighted by molar-refractivity contribution is -0.192. The summed E-state index contributed by atoms with van der Waals surface area (Å²) < 4.78 is 36.9. The number of likely N-dealkylation sites (N-methyl/N-ethyl adjacent to an activating group) is 1. The highest BCUT2D eigenvalue weighted by molar-refractivity contribution is 5.74. The Morgan fingerprint density at radius 1 is 1.22 bits per heavy atom. The molecule has 1 aliphatic rings. The van der Waals surface area contributed by atoms with Gasteiger partial charge in [-0.1, -0.05) is 18.2 Å². The van der Waals surface area contributed by atoms with Crippen molar-refractivity contribution in [3.8, 4) is 17.0 Å². The van der Waals surface area contributed by atoms with E-state index in [1.807, 2.05) is 36.3 Å². The smallest absolute Gasteiger partial charge is 0.490 e. The van der Waals surface area contributed by atoms with Gasteiger partial charge in [0.15, 0.2) is 0 Å². The standard InChI is InChI=1S/C22H25N5O2.C2HF3O2/c1-26(11-12-29-2)22-24-20(17-6-3-7-18(28)13-17)19-8-10-27(21(19)25-22)15-16-5-4-9-23-14-16;3-2(4,5)1(6)7/h3-7,9,13-14,28H,8,10-12,15H2,1-2H3;(H,6,7). The monoisotopic (exact) mass is 505 g/mol. The van der Waals surface area contributed by atoms with Crippen molar-refractivity contribution in [2.24, 2.45) is 0 Å². The van der Waals surface area contributed by atoms with Crippen LogP contribution in [0.3, 0.4) is 0 Å². The fourth-order valence-electron chi connectivity index (χ4n) is 3.56. The van der Waals surface area contributed by atoms with Crippen molar-refractivity contribution >= 4 is 17.7 Å². The Morgan fingerprint density at radius 3 is 2.58 bits per heavy atom. The molecule has 0 fully saturated rings. The third kappa shape index (κ3) is 6.81.